The maximum atomic E-state index is 13.3. The normalized spacial score (nSPS) is 12.3. The summed E-state index contributed by atoms with van der Waals surface area (Å²) in [7, 11) is 0. The summed E-state index contributed by atoms with van der Waals surface area (Å²) >= 11 is 1.28. The molecular weight excluding hydrogens is 506 g/mol. The molecule has 10 nitrogen and oxygen atoms in total. The van der Waals surface area contributed by atoms with E-state index in [1.165, 1.54) is 28.6 Å². The van der Waals surface area contributed by atoms with Gasteiger partial charge >= 0.3 is 12.2 Å². The second-order valence-electron chi connectivity index (χ2n) is 10.7. The van der Waals surface area contributed by atoms with Crippen molar-refractivity contribution in [3.05, 3.63) is 52.1 Å². The molecule has 0 unspecified atom stereocenters. The molecule has 0 radical (unpaired) electrons. The van der Waals surface area contributed by atoms with Crippen LogP contribution in [0.4, 0.5) is 21.1 Å². The van der Waals surface area contributed by atoms with Crippen LogP contribution in [-0.2, 0) is 22.4 Å². The third-order valence-electron chi connectivity index (χ3n) is 4.96. The van der Waals surface area contributed by atoms with Crippen LogP contribution in [0.2, 0.25) is 0 Å². The number of fused-ring (bicyclic) bond motifs is 1. The number of ether oxygens (including phenoxy) is 2. The predicted molar refractivity (Wildman–Crippen MR) is 144 cm³/mol. The van der Waals surface area contributed by atoms with Crippen molar-refractivity contribution in [2.24, 2.45) is 0 Å². The predicted octanol–water partition coefficient (Wildman–Crippen LogP) is 6.71. The molecule has 0 bridgehead atoms. The van der Waals surface area contributed by atoms with E-state index in [-0.39, 0.29) is 24.0 Å². The van der Waals surface area contributed by atoms with Crippen LogP contribution in [0.3, 0.4) is 0 Å². The Kier molecular flexibility index (Phi) is 8.33. The van der Waals surface area contributed by atoms with Gasteiger partial charge < -0.3 is 24.1 Å². The number of alkyl carbamates (subject to hydrolysis) is 1. The number of hydrogen-bond donors (Lipinski definition) is 1. The first-order valence-electron chi connectivity index (χ1n) is 12.0. The Bertz CT molecular complexity index is 1400. The number of aromatic nitrogens is 1. The van der Waals surface area contributed by atoms with Gasteiger partial charge in [0.05, 0.1) is 18.5 Å². The van der Waals surface area contributed by atoms with Crippen molar-refractivity contribution in [1.29, 1.82) is 5.26 Å². The summed E-state index contributed by atoms with van der Waals surface area (Å²) in [6, 6.07) is 6.78. The average Bonchev–Trinajstić information content (AvgIpc) is 3.41. The average molecular weight is 538 g/mol. The Morgan fingerprint density at radius 2 is 1.95 bits per heavy atom. The first-order valence-corrected chi connectivity index (χ1v) is 12.8. The molecule has 1 N–H and O–H groups in total. The van der Waals surface area contributed by atoms with Crippen LogP contribution >= 0.6 is 11.3 Å². The topological polar surface area (TPSA) is 122 Å². The van der Waals surface area contributed by atoms with Crippen molar-refractivity contribution in [3.8, 4) is 6.07 Å². The van der Waals surface area contributed by atoms with Gasteiger partial charge in [0.25, 0.3) is 5.82 Å². The molecule has 0 saturated heterocycles. The van der Waals surface area contributed by atoms with Gasteiger partial charge in [0.2, 0.25) is 0 Å². The summed E-state index contributed by atoms with van der Waals surface area (Å²) in [5.41, 5.74) is -0.431. The molecule has 3 rings (SSSR count). The fraction of sp³-hybridized carbons (Fsp3) is 0.444. The van der Waals surface area contributed by atoms with Crippen LogP contribution in [0.15, 0.2) is 28.9 Å². The monoisotopic (exact) mass is 537 g/mol. The number of nitrogens with one attached hydrogen (secondary N) is 1. The summed E-state index contributed by atoms with van der Waals surface area (Å²) in [5.74, 6) is 0.541. The number of rotatable bonds is 6. The molecule has 11 heteroatoms. The third-order valence-corrected chi connectivity index (χ3v) is 6.18. The summed E-state index contributed by atoms with van der Waals surface area (Å²) in [5, 5.41) is 12.8. The molecule has 3 aromatic rings. The quantitative estimate of drug-likeness (QED) is 0.347. The largest absolute Gasteiger partial charge is 0.467 e. The minimum absolute atomic E-state index is 0.0290. The van der Waals surface area contributed by atoms with E-state index < -0.39 is 23.4 Å². The maximum Gasteiger partial charge on any atom is 0.415 e. The Hall–Kier alpha value is -4.09. The zero-order valence-corrected chi connectivity index (χ0v) is 23.4. The Labute approximate surface area is 226 Å². The zero-order chi connectivity index (χ0) is 28.3. The number of furan rings is 1. The van der Waals surface area contributed by atoms with Crippen LogP contribution < -0.4 is 10.2 Å². The maximum absolute atomic E-state index is 13.3. The summed E-state index contributed by atoms with van der Waals surface area (Å²) < 4.78 is 17.0. The minimum Gasteiger partial charge on any atom is -0.467 e. The first kappa shape index (κ1) is 28.5. The highest BCUT2D eigenvalue weighted by molar-refractivity contribution is 7.20. The molecule has 1 atom stereocenters. The van der Waals surface area contributed by atoms with Gasteiger partial charge in [-0.25, -0.2) is 9.59 Å². The Balaban J connectivity index is 2.08. The van der Waals surface area contributed by atoms with Gasteiger partial charge in [-0.2, -0.15) is 5.26 Å². The van der Waals surface area contributed by atoms with Gasteiger partial charge in [0.15, 0.2) is 5.52 Å². The number of pyridine rings is 1. The number of carbonyl (C=O) groups excluding carboxylic acids is 2. The number of amides is 2. The number of thiophene rings is 1. The van der Waals surface area contributed by atoms with Crippen molar-refractivity contribution >= 4 is 45.2 Å². The Morgan fingerprint density at radius 1 is 1.26 bits per heavy atom. The first-order chi connectivity index (χ1) is 17.7. The van der Waals surface area contributed by atoms with E-state index in [0.29, 0.717) is 33.0 Å². The summed E-state index contributed by atoms with van der Waals surface area (Å²) in [4.78, 5) is 35.5. The highest BCUT2D eigenvalue weighted by atomic mass is 32.1. The minimum atomic E-state index is -0.769. The molecule has 200 valence electrons. The number of hydrogen-bond acceptors (Lipinski definition) is 8. The molecule has 0 aliphatic heterocycles. The van der Waals surface area contributed by atoms with Crippen molar-refractivity contribution in [3.63, 3.8) is 0 Å². The molecule has 0 fully saturated rings. The van der Waals surface area contributed by atoms with E-state index in [1.807, 2.05) is 0 Å². The lowest BCUT2D eigenvalue weighted by Gasteiger charge is -2.27. The van der Waals surface area contributed by atoms with E-state index in [2.05, 4.69) is 21.2 Å². The van der Waals surface area contributed by atoms with Gasteiger partial charge in [-0.15, -0.1) is 16.3 Å². The fourth-order valence-electron chi connectivity index (χ4n) is 3.56. The standard InChI is InChI=1S/C27H31N5O5S/c1-16(30-24(33)36-26(2,3)4)12-20-18(14-28)22-23(38-20)19(13-21(29-8)31-22)32(15-17-10-9-11-35-17)25(34)37-27(5,6)7/h9-11,13,16H,12,15H2,1-7H3,(H,30,33)/t16-/m0/s1. The SMILES string of the molecule is [C-]#[N+]c1cc(N(Cc2ccco2)C(=O)OC(C)(C)C)c2sc(C[C@H](C)NC(=O)OC(C)(C)C)c(C#N)c2n1. The third kappa shape index (κ3) is 7.24. The lowest BCUT2D eigenvalue weighted by Crippen LogP contribution is -2.38. The van der Waals surface area contributed by atoms with E-state index in [4.69, 9.17) is 20.5 Å². The smallest absolute Gasteiger partial charge is 0.415 e. The van der Waals surface area contributed by atoms with Crippen molar-refractivity contribution in [2.75, 3.05) is 4.90 Å². The highest BCUT2D eigenvalue weighted by Crippen LogP contribution is 2.40. The van der Waals surface area contributed by atoms with Gasteiger partial charge in [-0.3, -0.25) is 4.90 Å². The molecule has 0 saturated carbocycles. The molecule has 0 aliphatic carbocycles. The highest BCUT2D eigenvalue weighted by Gasteiger charge is 2.30. The zero-order valence-electron chi connectivity index (χ0n) is 22.5. The lowest BCUT2D eigenvalue weighted by atomic mass is 10.1. The van der Waals surface area contributed by atoms with Crippen LogP contribution in [-0.4, -0.2) is 34.4 Å². The molecule has 0 aliphatic rings. The summed E-state index contributed by atoms with van der Waals surface area (Å²) in [6.45, 7) is 20.0. The van der Waals surface area contributed by atoms with Gasteiger partial charge in [0, 0.05) is 17.3 Å². The van der Waals surface area contributed by atoms with E-state index in [9.17, 15) is 14.9 Å². The number of carbonyl (C=O) groups is 2. The van der Waals surface area contributed by atoms with Crippen molar-refractivity contribution in [1.82, 2.24) is 10.3 Å². The molecule has 3 heterocycles. The number of nitrogens with zero attached hydrogens (tertiary/aromatic N) is 4. The van der Waals surface area contributed by atoms with E-state index >= 15 is 0 Å². The molecule has 2 amide bonds. The molecular formula is C27H31N5O5S. The molecule has 3 aromatic heterocycles. The van der Waals surface area contributed by atoms with E-state index in [0.717, 1.165) is 0 Å². The van der Waals surface area contributed by atoms with Crippen LogP contribution in [0.1, 0.15) is 64.7 Å². The van der Waals surface area contributed by atoms with Gasteiger partial charge in [-0.1, -0.05) is 6.57 Å². The number of nitriles is 1. The van der Waals surface area contributed by atoms with Gasteiger partial charge in [0.1, 0.15) is 33.3 Å². The molecule has 0 spiro atoms. The van der Waals surface area contributed by atoms with Crippen LogP contribution in [0.5, 0.6) is 0 Å². The molecule has 0 aromatic carbocycles. The van der Waals surface area contributed by atoms with Gasteiger partial charge in [-0.05, 0) is 66.7 Å². The Morgan fingerprint density at radius 3 is 2.50 bits per heavy atom. The molecule has 38 heavy (non-hydrogen) atoms. The fourth-order valence-corrected chi connectivity index (χ4v) is 4.90. The second kappa shape index (κ2) is 11.1. The van der Waals surface area contributed by atoms with Crippen LogP contribution in [0.25, 0.3) is 15.1 Å². The van der Waals surface area contributed by atoms with Crippen molar-refractivity contribution < 1.29 is 23.5 Å². The summed E-state index contributed by atoms with van der Waals surface area (Å²) in [6.07, 6.45) is 0.630. The van der Waals surface area contributed by atoms with Crippen molar-refractivity contribution in [2.45, 2.75) is 78.7 Å². The lowest BCUT2D eigenvalue weighted by molar-refractivity contribution is 0.0507. The number of anilines is 1. The van der Waals surface area contributed by atoms with E-state index in [1.54, 1.807) is 60.6 Å². The second-order valence-corrected chi connectivity index (χ2v) is 11.8. The van der Waals surface area contributed by atoms with Crippen LogP contribution in [0, 0.1) is 17.9 Å².